The van der Waals surface area contributed by atoms with E-state index in [-0.39, 0.29) is 12.3 Å². The number of hydrogen-bond donors (Lipinski definition) is 2. The number of fused-ring (bicyclic) bond motifs is 1. The van der Waals surface area contributed by atoms with Gasteiger partial charge in [-0.1, -0.05) is 30.3 Å². The summed E-state index contributed by atoms with van der Waals surface area (Å²) in [5.41, 5.74) is 2.21. The molecule has 3 aromatic carbocycles. The number of benzene rings is 3. The predicted molar refractivity (Wildman–Crippen MR) is 138 cm³/mol. The van der Waals surface area contributed by atoms with Gasteiger partial charge in [-0.05, 0) is 79.8 Å². The van der Waals surface area contributed by atoms with Crippen molar-refractivity contribution in [3.05, 3.63) is 65.7 Å². The second kappa shape index (κ2) is 11.6. The molecule has 7 heteroatoms. The van der Waals surface area contributed by atoms with Crippen molar-refractivity contribution in [2.75, 3.05) is 26.1 Å². The molecular formula is C28H34N2O5. The van der Waals surface area contributed by atoms with E-state index in [0.29, 0.717) is 23.7 Å². The molecule has 35 heavy (non-hydrogen) atoms. The molecule has 0 atom stereocenters. The molecule has 0 saturated carbocycles. The van der Waals surface area contributed by atoms with Crippen LogP contribution in [0.1, 0.15) is 38.3 Å². The molecule has 7 nitrogen and oxygen atoms in total. The second-order valence-corrected chi connectivity index (χ2v) is 9.34. The maximum absolute atomic E-state index is 12.3. The largest absolute Gasteiger partial charge is 0.493 e. The van der Waals surface area contributed by atoms with Gasteiger partial charge in [0.1, 0.15) is 5.60 Å². The van der Waals surface area contributed by atoms with Crippen LogP contribution in [0.25, 0.3) is 10.8 Å². The van der Waals surface area contributed by atoms with Crippen molar-refractivity contribution in [2.24, 2.45) is 0 Å². The van der Waals surface area contributed by atoms with E-state index in [4.69, 9.17) is 14.2 Å². The van der Waals surface area contributed by atoms with Gasteiger partial charge in [0.05, 0.1) is 20.6 Å². The third kappa shape index (κ3) is 7.91. The lowest BCUT2D eigenvalue weighted by atomic mass is 10.0. The Kier molecular flexibility index (Phi) is 8.58. The molecule has 3 aromatic rings. The van der Waals surface area contributed by atoms with Gasteiger partial charge < -0.3 is 19.5 Å². The highest BCUT2D eigenvalue weighted by molar-refractivity contribution is 5.91. The van der Waals surface area contributed by atoms with Gasteiger partial charge in [-0.2, -0.15) is 0 Å². The summed E-state index contributed by atoms with van der Waals surface area (Å²) in [5.74, 6) is 1.23. The number of ether oxygens (including phenoxy) is 3. The minimum Gasteiger partial charge on any atom is -0.493 e. The Balaban J connectivity index is 1.48. The monoisotopic (exact) mass is 478 g/mol. The maximum Gasteiger partial charge on any atom is 0.412 e. The molecule has 0 saturated heterocycles. The predicted octanol–water partition coefficient (Wildman–Crippen LogP) is 5.50. The minimum atomic E-state index is -0.543. The summed E-state index contributed by atoms with van der Waals surface area (Å²) in [5, 5.41) is 7.88. The van der Waals surface area contributed by atoms with E-state index < -0.39 is 11.7 Å². The van der Waals surface area contributed by atoms with Crippen molar-refractivity contribution in [1.82, 2.24) is 5.32 Å². The summed E-state index contributed by atoms with van der Waals surface area (Å²) in [6.45, 7) is 6.09. The second-order valence-electron chi connectivity index (χ2n) is 9.34. The lowest BCUT2D eigenvalue weighted by molar-refractivity contribution is -0.120. The van der Waals surface area contributed by atoms with Crippen LogP contribution in [0.5, 0.6) is 11.5 Å². The van der Waals surface area contributed by atoms with Crippen LogP contribution in [0.15, 0.2) is 54.6 Å². The molecule has 3 rings (SSSR count). The van der Waals surface area contributed by atoms with Gasteiger partial charge in [-0.15, -0.1) is 0 Å². The average molecular weight is 479 g/mol. The Labute approximate surface area is 206 Å². The number of nitrogens with one attached hydrogen (secondary N) is 2. The summed E-state index contributed by atoms with van der Waals surface area (Å²) in [6.07, 6.45) is 1.50. The van der Waals surface area contributed by atoms with Crippen molar-refractivity contribution in [1.29, 1.82) is 0 Å². The number of hydrogen-bond acceptors (Lipinski definition) is 5. The van der Waals surface area contributed by atoms with E-state index in [2.05, 4.69) is 22.8 Å². The van der Waals surface area contributed by atoms with E-state index in [1.165, 1.54) is 5.56 Å². The fraction of sp³-hybridized carbons (Fsp3) is 0.357. The van der Waals surface area contributed by atoms with Gasteiger partial charge in [0.15, 0.2) is 11.5 Å². The third-order valence-corrected chi connectivity index (χ3v) is 5.33. The highest BCUT2D eigenvalue weighted by Crippen LogP contribution is 2.27. The summed E-state index contributed by atoms with van der Waals surface area (Å²) in [6, 6.07) is 17.5. The Morgan fingerprint density at radius 2 is 1.51 bits per heavy atom. The summed E-state index contributed by atoms with van der Waals surface area (Å²) >= 11 is 0. The van der Waals surface area contributed by atoms with Crippen LogP contribution in [0.2, 0.25) is 0 Å². The molecule has 0 aliphatic rings. The highest BCUT2D eigenvalue weighted by atomic mass is 16.6. The zero-order valence-electron chi connectivity index (χ0n) is 21.1. The molecule has 186 valence electrons. The van der Waals surface area contributed by atoms with E-state index in [0.717, 1.165) is 29.2 Å². The number of rotatable bonds is 9. The van der Waals surface area contributed by atoms with Gasteiger partial charge in [0, 0.05) is 12.2 Å². The molecule has 0 aromatic heterocycles. The van der Waals surface area contributed by atoms with Crippen molar-refractivity contribution >= 4 is 28.5 Å². The quantitative estimate of drug-likeness (QED) is 0.397. The van der Waals surface area contributed by atoms with E-state index >= 15 is 0 Å². The first-order valence-electron chi connectivity index (χ1n) is 11.7. The number of methoxy groups -OCH3 is 2. The van der Waals surface area contributed by atoms with Crippen LogP contribution in [0.3, 0.4) is 0 Å². The van der Waals surface area contributed by atoms with Gasteiger partial charge in [0.2, 0.25) is 5.91 Å². The topological polar surface area (TPSA) is 85.9 Å². The van der Waals surface area contributed by atoms with Crippen LogP contribution in [-0.4, -0.2) is 38.4 Å². The first kappa shape index (κ1) is 25.9. The first-order chi connectivity index (χ1) is 16.7. The third-order valence-electron chi connectivity index (χ3n) is 5.33. The normalized spacial score (nSPS) is 11.1. The van der Waals surface area contributed by atoms with E-state index in [1.54, 1.807) is 20.3 Å². The zero-order chi connectivity index (χ0) is 25.4. The molecule has 0 aliphatic heterocycles. The van der Waals surface area contributed by atoms with Crippen LogP contribution in [-0.2, 0) is 22.4 Å². The van der Waals surface area contributed by atoms with Gasteiger partial charge in [0.25, 0.3) is 0 Å². The summed E-state index contributed by atoms with van der Waals surface area (Å²) < 4.78 is 15.8. The standard InChI is InChI=1S/C28H34N2O5/c1-28(2,3)35-27(32)30-23-12-11-21-15-19(8-10-22(21)18-23)7-6-14-29-26(31)17-20-9-13-24(33-4)25(16-20)34-5/h8-13,15-16,18H,6-7,14,17H2,1-5H3,(H,29,31)(H,30,32). The van der Waals surface area contributed by atoms with Crippen LogP contribution in [0.4, 0.5) is 10.5 Å². The summed E-state index contributed by atoms with van der Waals surface area (Å²) in [7, 11) is 3.16. The molecule has 0 aliphatic carbocycles. The van der Waals surface area contributed by atoms with Crippen LogP contribution in [0, 0.1) is 0 Å². The van der Waals surface area contributed by atoms with Crippen molar-refractivity contribution in [2.45, 2.75) is 45.6 Å². The maximum atomic E-state index is 12.3. The van der Waals surface area contributed by atoms with Crippen molar-refractivity contribution in [3.8, 4) is 11.5 Å². The minimum absolute atomic E-state index is 0.0271. The molecule has 0 unspecified atom stereocenters. The lowest BCUT2D eigenvalue weighted by Crippen LogP contribution is -2.27. The molecule has 0 radical (unpaired) electrons. The smallest absolute Gasteiger partial charge is 0.412 e. The number of amides is 2. The van der Waals surface area contributed by atoms with Crippen molar-refractivity contribution in [3.63, 3.8) is 0 Å². The van der Waals surface area contributed by atoms with E-state index in [1.807, 2.05) is 57.2 Å². The lowest BCUT2D eigenvalue weighted by Gasteiger charge is -2.19. The van der Waals surface area contributed by atoms with Crippen molar-refractivity contribution < 1.29 is 23.8 Å². The highest BCUT2D eigenvalue weighted by Gasteiger charge is 2.16. The Morgan fingerprint density at radius 3 is 2.23 bits per heavy atom. The fourth-order valence-corrected chi connectivity index (χ4v) is 3.71. The molecule has 2 amide bonds. The average Bonchev–Trinajstić information content (AvgIpc) is 2.80. The number of aryl methyl sites for hydroxylation is 1. The van der Waals surface area contributed by atoms with Gasteiger partial charge >= 0.3 is 6.09 Å². The van der Waals surface area contributed by atoms with E-state index in [9.17, 15) is 9.59 Å². The van der Waals surface area contributed by atoms with Crippen LogP contribution < -0.4 is 20.1 Å². The molecular weight excluding hydrogens is 444 g/mol. The Bertz CT molecular complexity index is 1180. The molecule has 0 heterocycles. The molecule has 0 bridgehead atoms. The summed E-state index contributed by atoms with van der Waals surface area (Å²) in [4.78, 5) is 24.3. The van der Waals surface area contributed by atoms with Crippen LogP contribution >= 0.6 is 0 Å². The van der Waals surface area contributed by atoms with Gasteiger partial charge in [-0.25, -0.2) is 4.79 Å². The molecule has 2 N–H and O–H groups in total. The fourth-order valence-electron chi connectivity index (χ4n) is 3.71. The Morgan fingerprint density at radius 1 is 0.829 bits per heavy atom. The Hall–Kier alpha value is -3.74. The molecule has 0 spiro atoms. The SMILES string of the molecule is COc1ccc(CC(=O)NCCCc2ccc3cc(NC(=O)OC(C)(C)C)ccc3c2)cc1OC. The molecule has 0 fully saturated rings. The zero-order valence-corrected chi connectivity index (χ0v) is 21.1. The number of anilines is 1. The number of carbonyl (C=O) groups excluding carboxylic acids is 2. The van der Waals surface area contributed by atoms with Gasteiger partial charge in [-0.3, -0.25) is 10.1 Å². The number of carbonyl (C=O) groups is 2. The first-order valence-corrected chi connectivity index (χ1v) is 11.7.